The maximum atomic E-state index is 13.4. The van der Waals surface area contributed by atoms with E-state index in [9.17, 15) is 14.9 Å². The molecule has 2 fully saturated rings. The lowest BCUT2D eigenvalue weighted by Crippen LogP contribution is -2.39. The fourth-order valence-electron chi connectivity index (χ4n) is 4.25. The molecule has 31 heavy (non-hydrogen) atoms. The van der Waals surface area contributed by atoms with Gasteiger partial charge in [0.1, 0.15) is 23.1 Å². The van der Waals surface area contributed by atoms with Gasteiger partial charge in [-0.1, -0.05) is 25.3 Å². The minimum atomic E-state index is -0.434. The number of pyridine rings is 1. The second-order valence-corrected chi connectivity index (χ2v) is 8.12. The van der Waals surface area contributed by atoms with E-state index in [-0.39, 0.29) is 22.7 Å². The lowest BCUT2D eigenvalue weighted by atomic mass is 9.95. The van der Waals surface area contributed by atoms with Crippen molar-refractivity contribution >= 4 is 23.4 Å². The predicted molar refractivity (Wildman–Crippen MR) is 118 cm³/mol. The first-order valence-electron chi connectivity index (χ1n) is 10.9. The number of aryl methyl sites for hydroxylation is 1. The first-order valence-corrected chi connectivity index (χ1v) is 10.9. The van der Waals surface area contributed by atoms with Gasteiger partial charge in [0.2, 0.25) is 0 Å². The molecule has 1 N–H and O–H groups in total. The summed E-state index contributed by atoms with van der Waals surface area (Å²) in [6, 6.07) is 5.75. The van der Waals surface area contributed by atoms with E-state index in [0.717, 1.165) is 31.2 Å². The number of fused-ring (bicyclic) bond motifs is 1. The number of rotatable bonds is 4. The highest BCUT2D eigenvalue weighted by Gasteiger charge is 2.23. The number of aromatic nitrogens is 2. The fraction of sp³-hybridized carbons (Fsp3) is 0.478. The second-order valence-electron chi connectivity index (χ2n) is 8.12. The molecule has 2 aromatic heterocycles. The van der Waals surface area contributed by atoms with Crippen LogP contribution in [0.2, 0.25) is 0 Å². The molecule has 3 heterocycles. The van der Waals surface area contributed by atoms with Crippen LogP contribution in [-0.2, 0) is 9.53 Å². The molecule has 1 aliphatic heterocycles. The van der Waals surface area contributed by atoms with Crippen molar-refractivity contribution in [2.75, 3.05) is 31.2 Å². The number of nitrogens with one attached hydrogen (secondary N) is 1. The molecule has 1 saturated heterocycles. The van der Waals surface area contributed by atoms with Gasteiger partial charge in [-0.15, -0.1) is 0 Å². The van der Waals surface area contributed by atoms with Crippen LogP contribution in [0.4, 0.5) is 5.82 Å². The molecule has 8 heteroatoms. The van der Waals surface area contributed by atoms with Crippen LogP contribution in [0.25, 0.3) is 11.7 Å². The summed E-state index contributed by atoms with van der Waals surface area (Å²) in [5, 5.41) is 12.7. The molecule has 0 radical (unpaired) electrons. The SMILES string of the molecule is Cc1cccn2c(=O)c(/C=C(/C#N)C(=O)NC3CCCCC3)c(N3CCOCC3)nc12. The molecule has 0 atom stereocenters. The van der Waals surface area contributed by atoms with E-state index in [1.165, 1.54) is 16.9 Å². The largest absolute Gasteiger partial charge is 0.378 e. The Bertz CT molecular complexity index is 1100. The normalized spacial score (nSPS) is 18.1. The van der Waals surface area contributed by atoms with E-state index in [4.69, 9.17) is 9.72 Å². The van der Waals surface area contributed by atoms with Crippen LogP contribution in [0.15, 0.2) is 28.7 Å². The van der Waals surface area contributed by atoms with Crippen molar-refractivity contribution in [2.24, 2.45) is 0 Å². The van der Waals surface area contributed by atoms with Gasteiger partial charge >= 0.3 is 0 Å². The number of morpholine rings is 1. The van der Waals surface area contributed by atoms with Gasteiger partial charge in [0.25, 0.3) is 11.5 Å². The van der Waals surface area contributed by atoms with E-state index in [0.29, 0.717) is 37.8 Å². The molecule has 1 amide bonds. The van der Waals surface area contributed by atoms with Crippen LogP contribution in [0.1, 0.15) is 43.2 Å². The average Bonchev–Trinajstić information content (AvgIpc) is 2.80. The molecule has 0 spiro atoms. The third-order valence-corrected chi connectivity index (χ3v) is 5.97. The Balaban J connectivity index is 1.78. The molecule has 0 unspecified atom stereocenters. The molecule has 2 aliphatic rings. The Hall–Kier alpha value is -3.18. The highest BCUT2D eigenvalue weighted by Crippen LogP contribution is 2.22. The lowest BCUT2D eigenvalue weighted by molar-refractivity contribution is -0.117. The van der Waals surface area contributed by atoms with E-state index < -0.39 is 5.91 Å². The Labute approximate surface area is 181 Å². The van der Waals surface area contributed by atoms with Gasteiger partial charge in [-0.25, -0.2) is 4.98 Å². The van der Waals surface area contributed by atoms with Crippen LogP contribution in [-0.4, -0.2) is 47.6 Å². The van der Waals surface area contributed by atoms with Crippen molar-refractivity contribution in [3.63, 3.8) is 0 Å². The van der Waals surface area contributed by atoms with E-state index in [1.807, 2.05) is 24.0 Å². The third kappa shape index (κ3) is 4.47. The van der Waals surface area contributed by atoms with E-state index in [1.54, 1.807) is 12.3 Å². The lowest BCUT2D eigenvalue weighted by Gasteiger charge is -2.29. The number of hydrogen-bond donors (Lipinski definition) is 1. The quantitative estimate of drug-likeness (QED) is 0.600. The van der Waals surface area contributed by atoms with Crippen molar-refractivity contribution in [3.05, 3.63) is 45.4 Å². The summed E-state index contributed by atoms with van der Waals surface area (Å²) in [5.41, 5.74) is 1.32. The van der Waals surface area contributed by atoms with E-state index >= 15 is 0 Å². The first-order chi connectivity index (χ1) is 15.1. The molecule has 0 bridgehead atoms. The smallest absolute Gasteiger partial charge is 0.267 e. The van der Waals surface area contributed by atoms with Crippen molar-refractivity contribution in [3.8, 4) is 6.07 Å². The zero-order valence-electron chi connectivity index (χ0n) is 17.8. The van der Waals surface area contributed by atoms with Gasteiger partial charge in [-0.3, -0.25) is 14.0 Å². The molecule has 162 valence electrons. The Morgan fingerprint density at radius 2 is 2.03 bits per heavy atom. The van der Waals surface area contributed by atoms with Crippen LogP contribution < -0.4 is 15.8 Å². The summed E-state index contributed by atoms with van der Waals surface area (Å²) >= 11 is 0. The van der Waals surface area contributed by atoms with Crippen LogP contribution >= 0.6 is 0 Å². The minimum absolute atomic E-state index is 0.0772. The molecule has 0 aromatic carbocycles. The Morgan fingerprint density at radius 3 is 2.74 bits per heavy atom. The van der Waals surface area contributed by atoms with Crippen molar-refractivity contribution in [1.82, 2.24) is 14.7 Å². The van der Waals surface area contributed by atoms with Gasteiger partial charge in [0, 0.05) is 25.3 Å². The van der Waals surface area contributed by atoms with Crippen LogP contribution in [0, 0.1) is 18.3 Å². The van der Waals surface area contributed by atoms with Crippen molar-refractivity contribution in [1.29, 1.82) is 5.26 Å². The summed E-state index contributed by atoms with van der Waals surface area (Å²) < 4.78 is 6.91. The van der Waals surface area contributed by atoms with Gasteiger partial charge in [-0.2, -0.15) is 5.26 Å². The zero-order valence-corrected chi connectivity index (χ0v) is 17.8. The molecule has 1 saturated carbocycles. The van der Waals surface area contributed by atoms with Gasteiger partial charge in [0.05, 0.1) is 18.8 Å². The van der Waals surface area contributed by atoms with Crippen molar-refractivity contribution in [2.45, 2.75) is 45.1 Å². The average molecular weight is 422 g/mol. The van der Waals surface area contributed by atoms with Gasteiger partial charge in [-0.05, 0) is 37.5 Å². The highest BCUT2D eigenvalue weighted by molar-refractivity contribution is 6.02. The van der Waals surface area contributed by atoms with Crippen molar-refractivity contribution < 1.29 is 9.53 Å². The summed E-state index contributed by atoms with van der Waals surface area (Å²) in [6.45, 7) is 4.15. The maximum Gasteiger partial charge on any atom is 0.267 e. The number of nitrogens with zero attached hydrogens (tertiary/aromatic N) is 4. The van der Waals surface area contributed by atoms with Gasteiger partial charge < -0.3 is 15.0 Å². The first kappa shape index (κ1) is 21.1. The summed E-state index contributed by atoms with van der Waals surface area (Å²) in [5.74, 6) is 0.0527. The number of hydrogen-bond acceptors (Lipinski definition) is 6. The Kier molecular flexibility index (Phi) is 6.33. The molecule has 8 nitrogen and oxygen atoms in total. The number of anilines is 1. The predicted octanol–water partition coefficient (Wildman–Crippen LogP) is 2.20. The topological polar surface area (TPSA) is 99.7 Å². The second kappa shape index (κ2) is 9.31. The molecule has 4 rings (SSSR count). The van der Waals surface area contributed by atoms with Gasteiger partial charge in [0.15, 0.2) is 0 Å². The molecule has 2 aromatic rings. The fourth-order valence-corrected chi connectivity index (χ4v) is 4.25. The number of carbonyl (C=O) groups excluding carboxylic acids is 1. The summed E-state index contributed by atoms with van der Waals surface area (Å²) in [4.78, 5) is 32.9. The summed E-state index contributed by atoms with van der Waals surface area (Å²) in [7, 11) is 0. The van der Waals surface area contributed by atoms with Crippen LogP contribution in [0.5, 0.6) is 0 Å². The monoisotopic (exact) mass is 421 g/mol. The molecule has 1 aliphatic carbocycles. The minimum Gasteiger partial charge on any atom is -0.378 e. The Morgan fingerprint density at radius 1 is 1.29 bits per heavy atom. The third-order valence-electron chi connectivity index (χ3n) is 5.97. The zero-order chi connectivity index (χ0) is 21.8. The van der Waals surface area contributed by atoms with Crippen LogP contribution in [0.3, 0.4) is 0 Å². The number of carbonyl (C=O) groups is 1. The van der Waals surface area contributed by atoms with E-state index in [2.05, 4.69) is 5.32 Å². The molecular formula is C23H27N5O3. The maximum absolute atomic E-state index is 13.4. The summed E-state index contributed by atoms with van der Waals surface area (Å²) in [6.07, 6.45) is 8.22. The number of nitriles is 1. The number of ether oxygens (including phenoxy) is 1. The highest BCUT2D eigenvalue weighted by atomic mass is 16.5. The number of amides is 1. The molecular weight excluding hydrogens is 394 g/mol. The standard InChI is InChI=1S/C23H27N5O3/c1-16-6-5-9-28-20(16)26-21(27-10-12-31-13-11-27)19(23(28)30)14-17(15-24)22(29)25-18-7-3-2-4-8-18/h5-6,9,14,18H,2-4,7-8,10-13H2,1H3,(H,25,29)/b17-14-.